The number of hydrogen-bond acceptors (Lipinski definition) is 7. The van der Waals surface area contributed by atoms with E-state index in [0.29, 0.717) is 18.8 Å². The van der Waals surface area contributed by atoms with Crippen LogP contribution in [-0.2, 0) is 16.1 Å². The number of anilines is 1. The largest absolute Gasteiger partial charge is 0.378 e. The SMILES string of the molecule is Cc1cc(N2CCOCC2)nc(C2CCN(C(=O)Cn3nc(C)ccc3=O)CC2)n1. The summed E-state index contributed by atoms with van der Waals surface area (Å²) < 4.78 is 6.68. The summed E-state index contributed by atoms with van der Waals surface area (Å²) in [5.41, 5.74) is 1.42. The molecule has 0 saturated carbocycles. The number of carbonyl (C=O) groups is 1. The van der Waals surface area contributed by atoms with Crippen molar-refractivity contribution in [2.24, 2.45) is 0 Å². The van der Waals surface area contributed by atoms with Crippen molar-refractivity contribution in [2.45, 2.75) is 39.2 Å². The van der Waals surface area contributed by atoms with Gasteiger partial charge in [-0.25, -0.2) is 14.6 Å². The normalized spacial score (nSPS) is 17.9. The summed E-state index contributed by atoms with van der Waals surface area (Å²) in [6, 6.07) is 5.13. The number of piperidine rings is 1. The summed E-state index contributed by atoms with van der Waals surface area (Å²) in [6.07, 6.45) is 1.63. The van der Waals surface area contributed by atoms with Gasteiger partial charge in [-0.2, -0.15) is 5.10 Å². The molecule has 0 atom stereocenters. The number of rotatable bonds is 4. The smallest absolute Gasteiger partial charge is 0.267 e. The van der Waals surface area contributed by atoms with Crippen LogP contribution < -0.4 is 10.5 Å². The lowest BCUT2D eigenvalue weighted by Gasteiger charge is -2.32. The number of nitrogens with zero attached hydrogens (tertiary/aromatic N) is 6. The van der Waals surface area contributed by atoms with Crippen LogP contribution in [0.3, 0.4) is 0 Å². The number of ether oxygens (including phenoxy) is 1. The molecule has 4 rings (SSSR count). The number of aryl methyl sites for hydroxylation is 2. The van der Waals surface area contributed by atoms with Crippen molar-refractivity contribution in [2.75, 3.05) is 44.3 Å². The van der Waals surface area contributed by atoms with E-state index in [1.165, 1.54) is 10.7 Å². The van der Waals surface area contributed by atoms with Gasteiger partial charge in [-0.3, -0.25) is 9.59 Å². The molecule has 0 bridgehead atoms. The molecule has 0 aromatic carbocycles. The molecule has 0 unspecified atom stereocenters. The first kappa shape index (κ1) is 20.5. The van der Waals surface area contributed by atoms with Crippen LogP contribution in [0.1, 0.15) is 36.0 Å². The van der Waals surface area contributed by atoms with E-state index in [1.54, 1.807) is 13.0 Å². The zero-order chi connectivity index (χ0) is 21.1. The summed E-state index contributed by atoms with van der Waals surface area (Å²) in [5, 5.41) is 4.16. The van der Waals surface area contributed by atoms with Crippen LogP contribution in [0.2, 0.25) is 0 Å². The topological polar surface area (TPSA) is 93.5 Å². The molecular formula is C21H28N6O3. The quantitative estimate of drug-likeness (QED) is 0.736. The molecule has 0 N–H and O–H groups in total. The number of carbonyl (C=O) groups excluding carboxylic acids is 1. The number of aromatic nitrogens is 4. The van der Waals surface area contributed by atoms with Gasteiger partial charge >= 0.3 is 0 Å². The molecule has 2 aliphatic heterocycles. The van der Waals surface area contributed by atoms with Gasteiger partial charge in [-0.15, -0.1) is 0 Å². The van der Waals surface area contributed by atoms with Crippen molar-refractivity contribution in [3.63, 3.8) is 0 Å². The van der Waals surface area contributed by atoms with Crippen LogP contribution in [0.15, 0.2) is 23.0 Å². The molecule has 2 aliphatic rings. The highest BCUT2D eigenvalue weighted by Crippen LogP contribution is 2.27. The molecule has 2 aromatic rings. The molecule has 30 heavy (non-hydrogen) atoms. The molecule has 160 valence electrons. The zero-order valence-electron chi connectivity index (χ0n) is 17.6. The predicted octanol–water partition coefficient (Wildman–Crippen LogP) is 0.893. The second-order valence-corrected chi connectivity index (χ2v) is 7.95. The summed E-state index contributed by atoms with van der Waals surface area (Å²) >= 11 is 0. The lowest BCUT2D eigenvalue weighted by atomic mass is 9.95. The first-order chi connectivity index (χ1) is 14.5. The standard InChI is InChI=1S/C21H28N6O3/c1-15-3-4-19(28)27(24-15)14-20(29)26-7-5-17(6-8-26)21-22-16(2)13-18(23-21)25-9-11-30-12-10-25/h3-4,13,17H,5-12,14H2,1-2H3. The average molecular weight is 412 g/mol. The van der Waals surface area contributed by atoms with Gasteiger partial charge in [0.15, 0.2) is 0 Å². The van der Waals surface area contributed by atoms with Gasteiger partial charge in [-0.1, -0.05) is 0 Å². The Balaban J connectivity index is 1.39. The first-order valence-corrected chi connectivity index (χ1v) is 10.5. The van der Waals surface area contributed by atoms with Crippen LogP contribution in [-0.4, -0.2) is 69.9 Å². The molecule has 1 amide bonds. The van der Waals surface area contributed by atoms with E-state index in [9.17, 15) is 9.59 Å². The van der Waals surface area contributed by atoms with Gasteiger partial charge in [0.2, 0.25) is 5.91 Å². The van der Waals surface area contributed by atoms with Crippen molar-refractivity contribution in [3.05, 3.63) is 45.8 Å². The summed E-state index contributed by atoms with van der Waals surface area (Å²) in [4.78, 5) is 38.2. The maximum absolute atomic E-state index is 12.7. The van der Waals surface area contributed by atoms with Crippen molar-refractivity contribution in [1.82, 2.24) is 24.6 Å². The highest BCUT2D eigenvalue weighted by Gasteiger charge is 2.27. The molecule has 0 aliphatic carbocycles. The molecule has 2 fully saturated rings. The van der Waals surface area contributed by atoms with Gasteiger partial charge in [0.05, 0.1) is 18.9 Å². The van der Waals surface area contributed by atoms with E-state index in [1.807, 2.05) is 17.9 Å². The first-order valence-electron chi connectivity index (χ1n) is 10.5. The lowest BCUT2D eigenvalue weighted by molar-refractivity contribution is -0.133. The zero-order valence-corrected chi connectivity index (χ0v) is 17.6. The minimum atomic E-state index is -0.257. The Morgan fingerprint density at radius 2 is 1.80 bits per heavy atom. The summed E-state index contributed by atoms with van der Waals surface area (Å²) in [5.74, 6) is 1.98. The van der Waals surface area contributed by atoms with Gasteiger partial charge in [0.25, 0.3) is 5.56 Å². The molecule has 4 heterocycles. The minimum Gasteiger partial charge on any atom is -0.378 e. The summed E-state index contributed by atoms with van der Waals surface area (Å²) in [6.45, 7) is 8.18. The molecule has 2 aromatic heterocycles. The fraction of sp³-hybridized carbons (Fsp3) is 0.571. The van der Waals surface area contributed by atoms with Crippen LogP contribution >= 0.6 is 0 Å². The van der Waals surface area contributed by atoms with Crippen molar-refractivity contribution < 1.29 is 9.53 Å². The Kier molecular flexibility index (Phi) is 6.08. The molecular weight excluding hydrogens is 384 g/mol. The van der Waals surface area contributed by atoms with Crippen LogP contribution in [0.4, 0.5) is 5.82 Å². The van der Waals surface area contributed by atoms with E-state index in [0.717, 1.165) is 56.5 Å². The maximum Gasteiger partial charge on any atom is 0.267 e. The van der Waals surface area contributed by atoms with Gasteiger partial charge < -0.3 is 14.5 Å². The van der Waals surface area contributed by atoms with E-state index in [4.69, 9.17) is 9.72 Å². The average Bonchev–Trinajstić information content (AvgIpc) is 2.76. The fourth-order valence-electron chi connectivity index (χ4n) is 3.99. The second kappa shape index (κ2) is 8.91. The van der Waals surface area contributed by atoms with Crippen LogP contribution in [0, 0.1) is 13.8 Å². The maximum atomic E-state index is 12.7. The highest BCUT2D eigenvalue weighted by atomic mass is 16.5. The third-order valence-corrected chi connectivity index (χ3v) is 5.69. The van der Waals surface area contributed by atoms with E-state index in [-0.39, 0.29) is 23.9 Å². The van der Waals surface area contributed by atoms with E-state index < -0.39 is 0 Å². The minimum absolute atomic E-state index is 0.0205. The Morgan fingerprint density at radius 1 is 1.07 bits per heavy atom. The lowest BCUT2D eigenvalue weighted by Crippen LogP contribution is -2.42. The third-order valence-electron chi connectivity index (χ3n) is 5.69. The van der Waals surface area contributed by atoms with Gasteiger partial charge in [0.1, 0.15) is 18.2 Å². The molecule has 2 saturated heterocycles. The number of morpholine rings is 1. The fourth-order valence-corrected chi connectivity index (χ4v) is 3.99. The Hall–Kier alpha value is -2.81. The monoisotopic (exact) mass is 412 g/mol. The molecule has 9 nitrogen and oxygen atoms in total. The van der Waals surface area contributed by atoms with Crippen molar-refractivity contribution in [3.8, 4) is 0 Å². The number of likely N-dealkylation sites (tertiary alicyclic amines) is 1. The van der Waals surface area contributed by atoms with Gasteiger partial charge in [-0.05, 0) is 32.8 Å². The molecule has 9 heteroatoms. The Morgan fingerprint density at radius 3 is 2.53 bits per heavy atom. The van der Waals surface area contributed by atoms with Crippen molar-refractivity contribution >= 4 is 11.7 Å². The van der Waals surface area contributed by atoms with E-state index >= 15 is 0 Å². The van der Waals surface area contributed by atoms with E-state index in [2.05, 4.69) is 15.0 Å². The van der Waals surface area contributed by atoms with Crippen molar-refractivity contribution in [1.29, 1.82) is 0 Å². The summed E-state index contributed by atoms with van der Waals surface area (Å²) in [7, 11) is 0. The Labute approximate surface area is 175 Å². The predicted molar refractivity (Wildman–Crippen MR) is 112 cm³/mol. The molecule has 0 radical (unpaired) electrons. The number of hydrogen-bond donors (Lipinski definition) is 0. The third kappa shape index (κ3) is 4.67. The Bertz CT molecular complexity index is 961. The van der Waals surface area contributed by atoms with Gasteiger partial charge in [0, 0.05) is 49.9 Å². The van der Waals surface area contributed by atoms with Crippen LogP contribution in [0.5, 0.6) is 0 Å². The highest BCUT2D eigenvalue weighted by molar-refractivity contribution is 5.76. The number of amides is 1. The second-order valence-electron chi connectivity index (χ2n) is 7.95. The van der Waals surface area contributed by atoms with Crippen LogP contribution in [0.25, 0.3) is 0 Å². The molecule has 0 spiro atoms.